The van der Waals surface area contributed by atoms with Gasteiger partial charge in [-0.2, -0.15) is 4.31 Å². The predicted molar refractivity (Wildman–Crippen MR) is 83.9 cm³/mol. The minimum Gasteiger partial charge on any atom is -0.207 e. The third-order valence-electron chi connectivity index (χ3n) is 2.67. The van der Waals surface area contributed by atoms with E-state index in [9.17, 15) is 12.8 Å². The third-order valence-corrected chi connectivity index (χ3v) is 6.13. The minimum atomic E-state index is -3.86. The van der Waals surface area contributed by atoms with Crippen LogP contribution in [0.3, 0.4) is 0 Å². The Bertz CT molecular complexity index is 581. The molecule has 1 rings (SSSR count). The molecule has 0 spiro atoms. The van der Waals surface area contributed by atoms with E-state index < -0.39 is 20.9 Å². The van der Waals surface area contributed by atoms with Crippen LogP contribution in [-0.4, -0.2) is 30.6 Å². The van der Waals surface area contributed by atoms with Crippen LogP contribution >= 0.6 is 39.1 Å². The van der Waals surface area contributed by atoms with Crippen LogP contribution in [0.2, 0.25) is 10.0 Å². The van der Waals surface area contributed by atoms with E-state index in [4.69, 9.17) is 23.2 Å². The van der Waals surface area contributed by atoms with Gasteiger partial charge in [0, 0.05) is 17.9 Å². The zero-order valence-corrected chi connectivity index (χ0v) is 15.0. The normalized spacial score (nSPS) is 12.4. The number of alkyl halides is 1. The Morgan fingerprint density at radius 2 is 1.95 bits per heavy atom. The van der Waals surface area contributed by atoms with Crippen molar-refractivity contribution in [1.29, 1.82) is 0 Å². The number of nitrogens with zero attached hydrogens (tertiary/aromatic N) is 1. The molecule has 0 bridgehead atoms. The predicted octanol–water partition coefficient (Wildman–Crippen LogP) is 4.32. The van der Waals surface area contributed by atoms with Gasteiger partial charge in [-0.3, -0.25) is 0 Å². The zero-order valence-electron chi connectivity index (χ0n) is 11.0. The van der Waals surface area contributed by atoms with Crippen molar-refractivity contribution in [2.75, 3.05) is 11.9 Å². The molecule has 8 heteroatoms. The molecule has 0 fully saturated rings. The molecule has 0 saturated carbocycles. The van der Waals surface area contributed by atoms with Crippen molar-refractivity contribution in [3.05, 3.63) is 28.0 Å². The molecule has 0 amide bonds. The topological polar surface area (TPSA) is 37.4 Å². The molecule has 3 nitrogen and oxygen atoms in total. The van der Waals surface area contributed by atoms with E-state index in [-0.39, 0.29) is 16.0 Å². The Labute approximate surface area is 137 Å². The van der Waals surface area contributed by atoms with Gasteiger partial charge in [-0.1, -0.05) is 39.1 Å². The van der Waals surface area contributed by atoms with E-state index in [1.165, 1.54) is 16.4 Å². The van der Waals surface area contributed by atoms with Gasteiger partial charge in [-0.25, -0.2) is 12.8 Å². The highest BCUT2D eigenvalue weighted by Crippen LogP contribution is 2.32. The molecule has 0 aliphatic heterocycles. The number of hydrogen-bond acceptors (Lipinski definition) is 2. The number of sulfonamides is 1. The summed E-state index contributed by atoms with van der Waals surface area (Å²) in [5.74, 6) is -0.918. The molecular formula is C12H15BrCl2FNO2S. The number of hydrogen-bond donors (Lipinski definition) is 0. The molecule has 0 heterocycles. The summed E-state index contributed by atoms with van der Waals surface area (Å²) in [6.07, 6.45) is 0.644. The fourth-order valence-electron chi connectivity index (χ4n) is 1.71. The molecule has 0 aliphatic carbocycles. The first-order valence-corrected chi connectivity index (χ1v) is 9.26. The maximum absolute atomic E-state index is 13.7. The molecule has 114 valence electrons. The van der Waals surface area contributed by atoms with Crippen molar-refractivity contribution >= 4 is 49.2 Å². The summed E-state index contributed by atoms with van der Waals surface area (Å²) in [5.41, 5.74) is 0. The number of benzene rings is 1. The van der Waals surface area contributed by atoms with Gasteiger partial charge in [0.15, 0.2) is 5.82 Å². The lowest BCUT2D eigenvalue weighted by Gasteiger charge is -2.26. The molecule has 20 heavy (non-hydrogen) atoms. The lowest BCUT2D eigenvalue weighted by atomic mass is 10.3. The van der Waals surface area contributed by atoms with Crippen molar-refractivity contribution in [2.45, 2.75) is 31.2 Å². The van der Waals surface area contributed by atoms with Crippen molar-refractivity contribution in [3.8, 4) is 0 Å². The summed E-state index contributed by atoms with van der Waals surface area (Å²) in [4.78, 5) is -0.260. The summed E-state index contributed by atoms with van der Waals surface area (Å²) in [5, 5.41) is 0.00144. The second-order valence-electron chi connectivity index (χ2n) is 4.43. The van der Waals surface area contributed by atoms with Gasteiger partial charge < -0.3 is 0 Å². The third kappa shape index (κ3) is 3.85. The summed E-state index contributed by atoms with van der Waals surface area (Å²) in [6.45, 7) is 3.84. The van der Waals surface area contributed by atoms with Crippen LogP contribution in [0.4, 0.5) is 4.39 Å². The van der Waals surface area contributed by atoms with Gasteiger partial charge in [-0.05, 0) is 32.4 Å². The SMILES string of the molecule is CC(C)N(CCCBr)S(=O)(=O)c1ccc(Cl)c(F)c1Cl. The highest BCUT2D eigenvalue weighted by Gasteiger charge is 2.30. The summed E-state index contributed by atoms with van der Waals surface area (Å²) in [7, 11) is -3.86. The van der Waals surface area contributed by atoms with Gasteiger partial charge >= 0.3 is 0 Å². The van der Waals surface area contributed by atoms with Crippen molar-refractivity contribution < 1.29 is 12.8 Å². The molecular weight excluding hydrogens is 392 g/mol. The standard InChI is InChI=1S/C12H15BrCl2FNO2S/c1-8(2)17(7-3-6-13)20(18,19)10-5-4-9(14)12(16)11(10)15/h4-5,8H,3,6-7H2,1-2H3. The lowest BCUT2D eigenvalue weighted by Crippen LogP contribution is -2.38. The van der Waals surface area contributed by atoms with Crippen molar-refractivity contribution in [2.24, 2.45) is 0 Å². The smallest absolute Gasteiger partial charge is 0.207 e. The second-order valence-corrected chi connectivity index (χ2v) is 7.86. The lowest BCUT2D eigenvalue weighted by molar-refractivity contribution is 0.355. The average Bonchev–Trinajstić information content (AvgIpc) is 2.35. The van der Waals surface area contributed by atoms with Gasteiger partial charge in [0.1, 0.15) is 4.90 Å². The van der Waals surface area contributed by atoms with Crippen molar-refractivity contribution in [3.63, 3.8) is 0 Å². The van der Waals surface area contributed by atoms with Crippen LogP contribution < -0.4 is 0 Å². The molecule has 1 aromatic rings. The Hall–Kier alpha value is 0.120. The molecule has 0 unspecified atom stereocenters. The molecule has 0 N–H and O–H groups in total. The highest BCUT2D eigenvalue weighted by atomic mass is 79.9. The van der Waals surface area contributed by atoms with E-state index in [0.29, 0.717) is 18.3 Å². The largest absolute Gasteiger partial charge is 0.244 e. The van der Waals surface area contributed by atoms with E-state index in [1.807, 2.05) is 0 Å². The monoisotopic (exact) mass is 405 g/mol. The summed E-state index contributed by atoms with van der Waals surface area (Å²) < 4.78 is 40.1. The second kappa shape index (κ2) is 7.40. The van der Waals surface area contributed by atoms with E-state index in [0.717, 1.165) is 0 Å². The van der Waals surface area contributed by atoms with Crippen LogP contribution in [0, 0.1) is 5.82 Å². The van der Waals surface area contributed by atoms with Crippen LogP contribution in [0.25, 0.3) is 0 Å². The van der Waals surface area contributed by atoms with E-state index in [1.54, 1.807) is 13.8 Å². The fourth-order valence-corrected chi connectivity index (χ4v) is 4.35. The van der Waals surface area contributed by atoms with E-state index >= 15 is 0 Å². The van der Waals surface area contributed by atoms with Crippen molar-refractivity contribution in [1.82, 2.24) is 4.31 Å². The van der Waals surface area contributed by atoms with Gasteiger partial charge in [0.2, 0.25) is 10.0 Å². The Balaban J connectivity index is 3.30. The van der Waals surface area contributed by atoms with Gasteiger partial charge in [0.25, 0.3) is 0 Å². The van der Waals surface area contributed by atoms with Crippen LogP contribution in [0.5, 0.6) is 0 Å². The number of rotatable bonds is 6. The molecule has 0 radical (unpaired) electrons. The quantitative estimate of drug-likeness (QED) is 0.521. The zero-order chi connectivity index (χ0) is 15.5. The highest BCUT2D eigenvalue weighted by molar-refractivity contribution is 9.09. The maximum atomic E-state index is 13.7. The first-order chi connectivity index (χ1) is 9.23. The van der Waals surface area contributed by atoms with Crippen LogP contribution in [0.1, 0.15) is 20.3 Å². The van der Waals surface area contributed by atoms with Crippen LogP contribution in [0.15, 0.2) is 17.0 Å². The fraction of sp³-hybridized carbons (Fsp3) is 0.500. The van der Waals surface area contributed by atoms with Gasteiger partial charge in [-0.15, -0.1) is 0 Å². The molecule has 0 aliphatic rings. The Morgan fingerprint density at radius 1 is 1.35 bits per heavy atom. The molecule has 0 atom stereocenters. The first-order valence-electron chi connectivity index (χ1n) is 5.94. The first kappa shape index (κ1) is 18.2. The summed E-state index contributed by atoms with van der Waals surface area (Å²) in [6, 6.07) is 2.17. The average molecular weight is 407 g/mol. The maximum Gasteiger partial charge on any atom is 0.244 e. The Kier molecular flexibility index (Phi) is 6.73. The van der Waals surface area contributed by atoms with Gasteiger partial charge in [0.05, 0.1) is 10.0 Å². The van der Waals surface area contributed by atoms with Crippen LogP contribution in [-0.2, 0) is 10.0 Å². The number of halogens is 4. The Morgan fingerprint density at radius 3 is 2.45 bits per heavy atom. The minimum absolute atomic E-state index is 0.203. The molecule has 0 saturated heterocycles. The van der Waals surface area contributed by atoms with E-state index in [2.05, 4.69) is 15.9 Å². The molecule has 0 aromatic heterocycles. The molecule has 1 aromatic carbocycles. The summed E-state index contributed by atoms with van der Waals surface area (Å²) >= 11 is 14.6.